The second-order valence-electron chi connectivity index (χ2n) is 7.84. The van der Waals surface area contributed by atoms with Crippen LogP contribution in [0.1, 0.15) is 55.8 Å². The molecule has 2 aromatic carbocycles. The fourth-order valence-electron chi connectivity index (χ4n) is 4.10. The second kappa shape index (κ2) is 9.48. The molecular formula is C25H27ClN2O2. The highest BCUT2D eigenvalue weighted by Crippen LogP contribution is 2.32. The van der Waals surface area contributed by atoms with Crippen LogP contribution in [-0.2, 0) is 0 Å². The normalized spacial score (nSPS) is 15.0. The number of pyridine rings is 1. The van der Waals surface area contributed by atoms with E-state index in [-0.39, 0.29) is 11.9 Å². The van der Waals surface area contributed by atoms with E-state index in [0.717, 1.165) is 40.8 Å². The van der Waals surface area contributed by atoms with E-state index in [0.29, 0.717) is 17.2 Å². The zero-order valence-corrected chi connectivity index (χ0v) is 18.0. The molecule has 1 saturated carbocycles. The van der Waals surface area contributed by atoms with E-state index in [1.807, 2.05) is 55.5 Å². The van der Waals surface area contributed by atoms with Gasteiger partial charge in [0.25, 0.3) is 5.91 Å². The average Bonchev–Trinajstić information content (AvgIpc) is 3.02. The maximum atomic E-state index is 12.9. The lowest BCUT2D eigenvalue weighted by atomic mass is 10.0. The summed E-state index contributed by atoms with van der Waals surface area (Å²) < 4.78 is 5.91. The molecule has 1 N–H and O–H groups in total. The van der Waals surface area contributed by atoms with Gasteiger partial charge in [-0.2, -0.15) is 0 Å². The maximum absolute atomic E-state index is 12.9. The number of carbonyl (C=O) groups is 1. The van der Waals surface area contributed by atoms with Crippen LogP contribution in [0.2, 0.25) is 5.02 Å². The van der Waals surface area contributed by atoms with Crippen molar-refractivity contribution in [3.8, 4) is 17.0 Å². The van der Waals surface area contributed by atoms with Crippen molar-refractivity contribution in [2.24, 2.45) is 0 Å². The molecule has 1 aliphatic rings. The van der Waals surface area contributed by atoms with Crippen molar-refractivity contribution in [3.05, 3.63) is 59.1 Å². The van der Waals surface area contributed by atoms with Gasteiger partial charge in [-0.05, 0) is 50.1 Å². The Balaban J connectivity index is 1.66. The first-order valence-electron chi connectivity index (χ1n) is 10.8. The van der Waals surface area contributed by atoms with Crippen LogP contribution in [0, 0.1) is 0 Å². The Bertz CT molecular complexity index is 1040. The van der Waals surface area contributed by atoms with E-state index >= 15 is 0 Å². The van der Waals surface area contributed by atoms with Gasteiger partial charge >= 0.3 is 0 Å². The quantitative estimate of drug-likeness (QED) is 0.483. The monoisotopic (exact) mass is 422 g/mol. The minimum atomic E-state index is -0.0230. The third kappa shape index (κ3) is 4.76. The van der Waals surface area contributed by atoms with Gasteiger partial charge in [0.1, 0.15) is 5.75 Å². The summed E-state index contributed by atoms with van der Waals surface area (Å²) in [6, 6.07) is 15.4. The summed E-state index contributed by atoms with van der Waals surface area (Å²) in [6.07, 6.45) is 7.03. The molecule has 4 rings (SSSR count). The predicted octanol–water partition coefficient (Wildman–Crippen LogP) is 6.41. The number of amides is 1. The van der Waals surface area contributed by atoms with Crippen LogP contribution in [0.4, 0.5) is 0 Å². The van der Waals surface area contributed by atoms with Crippen molar-refractivity contribution in [1.29, 1.82) is 0 Å². The molecule has 0 saturated heterocycles. The minimum Gasteiger partial charge on any atom is -0.493 e. The molecule has 0 atom stereocenters. The van der Waals surface area contributed by atoms with Crippen molar-refractivity contribution in [3.63, 3.8) is 0 Å². The Kier molecular flexibility index (Phi) is 6.53. The summed E-state index contributed by atoms with van der Waals surface area (Å²) in [7, 11) is 0. The molecule has 1 fully saturated rings. The summed E-state index contributed by atoms with van der Waals surface area (Å²) in [5, 5.41) is 4.73. The van der Waals surface area contributed by atoms with Crippen molar-refractivity contribution in [2.45, 2.75) is 51.5 Å². The number of halogens is 1. The number of fused-ring (bicyclic) bond motifs is 1. The molecule has 3 aromatic rings. The van der Waals surface area contributed by atoms with Crippen LogP contribution in [0.25, 0.3) is 22.2 Å². The van der Waals surface area contributed by atoms with Gasteiger partial charge in [-0.25, -0.2) is 4.98 Å². The average molecular weight is 423 g/mol. The van der Waals surface area contributed by atoms with Crippen LogP contribution >= 0.6 is 11.6 Å². The topological polar surface area (TPSA) is 51.2 Å². The van der Waals surface area contributed by atoms with E-state index in [9.17, 15) is 4.79 Å². The van der Waals surface area contributed by atoms with Crippen LogP contribution in [0.5, 0.6) is 5.75 Å². The van der Waals surface area contributed by atoms with E-state index < -0.39 is 0 Å². The number of aromatic nitrogens is 1. The Labute approximate surface area is 182 Å². The molecule has 30 heavy (non-hydrogen) atoms. The zero-order chi connectivity index (χ0) is 20.9. The summed E-state index contributed by atoms with van der Waals surface area (Å²) >= 11 is 6.16. The van der Waals surface area contributed by atoms with Crippen LogP contribution in [0.15, 0.2) is 48.5 Å². The van der Waals surface area contributed by atoms with E-state index in [1.165, 1.54) is 25.7 Å². The maximum Gasteiger partial charge on any atom is 0.251 e. The minimum absolute atomic E-state index is 0.0230. The van der Waals surface area contributed by atoms with Crippen molar-refractivity contribution in [2.75, 3.05) is 6.61 Å². The van der Waals surface area contributed by atoms with Crippen molar-refractivity contribution in [1.82, 2.24) is 10.3 Å². The molecule has 0 radical (unpaired) electrons. The smallest absolute Gasteiger partial charge is 0.251 e. The van der Waals surface area contributed by atoms with Gasteiger partial charge in [0, 0.05) is 33.6 Å². The molecule has 1 aromatic heterocycles. The molecule has 0 spiro atoms. The SMILES string of the molecule is CCOc1cc(-c2cccc(Cl)c2)nc2ccc(C(=O)NC3CCCCCC3)cc12. The van der Waals surface area contributed by atoms with Gasteiger partial charge in [-0.1, -0.05) is 49.4 Å². The van der Waals surface area contributed by atoms with Crippen molar-refractivity contribution >= 4 is 28.4 Å². The lowest BCUT2D eigenvalue weighted by molar-refractivity contribution is 0.0933. The summed E-state index contributed by atoms with van der Waals surface area (Å²) in [6.45, 7) is 2.49. The third-order valence-corrected chi connectivity index (χ3v) is 5.88. The molecule has 1 amide bonds. The fraction of sp³-hybridized carbons (Fsp3) is 0.360. The largest absolute Gasteiger partial charge is 0.493 e. The number of hydrogen-bond donors (Lipinski definition) is 1. The predicted molar refractivity (Wildman–Crippen MR) is 122 cm³/mol. The van der Waals surface area contributed by atoms with Crippen molar-refractivity contribution < 1.29 is 9.53 Å². The van der Waals surface area contributed by atoms with Crippen LogP contribution in [0.3, 0.4) is 0 Å². The van der Waals surface area contributed by atoms with E-state index in [4.69, 9.17) is 21.3 Å². The molecule has 0 aliphatic heterocycles. The molecule has 0 unspecified atom stereocenters. The highest BCUT2D eigenvalue weighted by molar-refractivity contribution is 6.30. The lowest BCUT2D eigenvalue weighted by Gasteiger charge is -2.17. The summed E-state index contributed by atoms with van der Waals surface area (Å²) in [4.78, 5) is 17.7. The summed E-state index contributed by atoms with van der Waals surface area (Å²) in [5.74, 6) is 0.701. The first kappa shape index (κ1) is 20.7. The molecule has 4 nitrogen and oxygen atoms in total. The molecule has 156 valence electrons. The van der Waals surface area contributed by atoms with Gasteiger partial charge in [0.2, 0.25) is 0 Å². The zero-order valence-electron chi connectivity index (χ0n) is 17.3. The van der Waals surface area contributed by atoms with Crippen LogP contribution in [-0.4, -0.2) is 23.5 Å². The first-order chi connectivity index (χ1) is 14.6. The number of nitrogens with zero attached hydrogens (tertiary/aromatic N) is 1. The standard InChI is InChI=1S/C25H27ClN2O2/c1-2-30-24-16-23(17-8-7-9-19(26)14-17)28-22-13-12-18(15-21(22)24)25(29)27-20-10-5-3-4-6-11-20/h7-9,12-16,20H,2-6,10-11H2,1H3,(H,27,29). The second-order valence-corrected chi connectivity index (χ2v) is 8.28. The number of nitrogens with one attached hydrogen (secondary N) is 1. The van der Waals surface area contributed by atoms with E-state index in [1.54, 1.807) is 0 Å². The Morgan fingerprint density at radius 3 is 2.63 bits per heavy atom. The number of hydrogen-bond acceptors (Lipinski definition) is 3. The molecular weight excluding hydrogens is 396 g/mol. The van der Waals surface area contributed by atoms with Gasteiger partial charge in [-0.3, -0.25) is 4.79 Å². The lowest BCUT2D eigenvalue weighted by Crippen LogP contribution is -2.34. The molecule has 1 heterocycles. The third-order valence-electron chi connectivity index (χ3n) is 5.64. The number of carbonyl (C=O) groups excluding carboxylic acids is 1. The Hall–Kier alpha value is -2.59. The Morgan fingerprint density at radius 1 is 1.10 bits per heavy atom. The fourth-order valence-corrected chi connectivity index (χ4v) is 4.29. The number of benzene rings is 2. The number of ether oxygens (including phenoxy) is 1. The molecule has 0 bridgehead atoms. The van der Waals surface area contributed by atoms with Gasteiger partial charge in [0.05, 0.1) is 17.8 Å². The van der Waals surface area contributed by atoms with Gasteiger partial charge < -0.3 is 10.1 Å². The highest BCUT2D eigenvalue weighted by Gasteiger charge is 2.17. The van der Waals surface area contributed by atoms with E-state index in [2.05, 4.69) is 5.32 Å². The highest BCUT2D eigenvalue weighted by atomic mass is 35.5. The van der Waals surface area contributed by atoms with Gasteiger partial charge in [-0.15, -0.1) is 0 Å². The number of rotatable bonds is 5. The van der Waals surface area contributed by atoms with Crippen LogP contribution < -0.4 is 10.1 Å². The molecule has 5 heteroatoms. The first-order valence-corrected chi connectivity index (χ1v) is 11.2. The Morgan fingerprint density at radius 2 is 1.90 bits per heavy atom. The summed E-state index contributed by atoms with van der Waals surface area (Å²) in [5.41, 5.74) is 3.16. The molecule has 1 aliphatic carbocycles. The van der Waals surface area contributed by atoms with Gasteiger partial charge in [0.15, 0.2) is 0 Å².